The Hall–Kier alpha value is -1.04. The molecular weight excluding hydrogens is 142 g/mol. The molecule has 0 bridgehead atoms. The molecule has 3 nitrogen and oxygen atoms in total. The van der Waals surface area contributed by atoms with Crippen LogP contribution < -0.4 is 0 Å². The summed E-state index contributed by atoms with van der Waals surface area (Å²) in [4.78, 5) is 14.2. The van der Waals surface area contributed by atoms with Crippen LogP contribution >= 0.6 is 0 Å². The highest BCUT2D eigenvalue weighted by molar-refractivity contribution is 5.77. The minimum atomic E-state index is -0.630. The molecule has 0 aromatic rings. The molecule has 0 radical (unpaired) electrons. The average Bonchev–Trinajstić information content (AvgIpc) is 1.88. The van der Waals surface area contributed by atoms with Crippen LogP contribution in [0, 0.1) is 12.5 Å². The summed E-state index contributed by atoms with van der Waals surface area (Å²) >= 11 is 0. The van der Waals surface area contributed by atoms with Gasteiger partial charge in [-0.05, 0) is 6.92 Å². The predicted octanol–water partition coefficient (Wildman–Crippen LogP) is 1.49. The van der Waals surface area contributed by atoms with Crippen molar-refractivity contribution in [3.05, 3.63) is 11.4 Å². The van der Waals surface area contributed by atoms with Crippen molar-refractivity contribution in [3.8, 4) is 0 Å². The SMILES string of the molecule is [C-]#[N+][C@H](C(=O)OCC)C(C)C. The molecule has 11 heavy (non-hydrogen) atoms. The second-order valence-corrected chi connectivity index (χ2v) is 2.57. The van der Waals surface area contributed by atoms with Crippen LogP contribution in [-0.4, -0.2) is 18.6 Å². The Labute approximate surface area is 67.2 Å². The van der Waals surface area contributed by atoms with E-state index < -0.39 is 12.0 Å². The minimum Gasteiger partial charge on any atom is -0.460 e. The van der Waals surface area contributed by atoms with Crippen LogP contribution in [0.3, 0.4) is 0 Å². The van der Waals surface area contributed by atoms with Gasteiger partial charge in [0.1, 0.15) is 0 Å². The molecule has 3 heteroatoms. The lowest BCUT2D eigenvalue weighted by atomic mass is 10.1. The van der Waals surface area contributed by atoms with Crippen LogP contribution in [0.2, 0.25) is 0 Å². The van der Waals surface area contributed by atoms with Crippen LogP contribution in [0.5, 0.6) is 0 Å². The van der Waals surface area contributed by atoms with Gasteiger partial charge in [-0.15, -0.1) is 0 Å². The van der Waals surface area contributed by atoms with E-state index in [4.69, 9.17) is 11.3 Å². The van der Waals surface area contributed by atoms with Crippen LogP contribution in [0.4, 0.5) is 0 Å². The van der Waals surface area contributed by atoms with Crippen molar-refractivity contribution < 1.29 is 9.53 Å². The molecule has 0 heterocycles. The highest BCUT2D eigenvalue weighted by atomic mass is 16.5. The quantitative estimate of drug-likeness (QED) is 0.456. The summed E-state index contributed by atoms with van der Waals surface area (Å²) in [6.07, 6.45) is 0. The molecule has 0 N–H and O–H groups in total. The topological polar surface area (TPSA) is 30.7 Å². The molecule has 0 fully saturated rings. The van der Waals surface area contributed by atoms with E-state index in [1.165, 1.54) is 0 Å². The molecule has 0 rings (SSSR count). The van der Waals surface area contributed by atoms with E-state index in [2.05, 4.69) is 4.85 Å². The van der Waals surface area contributed by atoms with Crippen LogP contribution in [0.15, 0.2) is 0 Å². The molecule has 0 unspecified atom stereocenters. The first-order chi connectivity index (χ1) is 5.13. The van der Waals surface area contributed by atoms with E-state index >= 15 is 0 Å². The number of hydrogen-bond donors (Lipinski definition) is 0. The second kappa shape index (κ2) is 4.73. The van der Waals surface area contributed by atoms with Gasteiger partial charge in [-0.3, -0.25) is 0 Å². The van der Waals surface area contributed by atoms with Crippen molar-refractivity contribution in [2.75, 3.05) is 6.61 Å². The maximum Gasteiger partial charge on any atom is 0.390 e. The van der Waals surface area contributed by atoms with E-state index in [9.17, 15) is 4.79 Å². The lowest BCUT2D eigenvalue weighted by Crippen LogP contribution is -2.25. The van der Waals surface area contributed by atoms with Gasteiger partial charge in [-0.2, -0.15) is 0 Å². The summed E-state index contributed by atoms with van der Waals surface area (Å²) in [6, 6.07) is -0.630. The zero-order valence-electron chi connectivity index (χ0n) is 7.13. The molecule has 1 atom stereocenters. The van der Waals surface area contributed by atoms with Crippen molar-refractivity contribution in [3.63, 3.8) is 0 Å². The maximum atomic E-state index is 11.0. The highest BCUT2D eigenvalue weighted by Crippen LogP contribution is 2.07. The number of ether oxygens (including phenoxy) is 1. The normalized spacial score (nSPS) is 12.3. The predicted molar refractivity (Wildman–Crippen MR) is 41.9 cm³/mol. The van der Waals surface area contributed by atoms with Crippen LogP contribution in [0.25, 0.3) is 4.85 Å². The average molecular weight is 155 g/mol. The summed E-state index contributed by atoms with van der Waals surface area (Å²) in [5.41, 5.74) is 0. The number of rotatable bonds is 3. The van der Waals surface area contributed by atoms with Gasteiger partial charge in [0, 0.05) is 5.92 Å². The standard InChI is InChI=1S/C8H13NO2/c1-5-11-8(10)7(9-4)6(2)3/h6-7H,5H2,1-3H3/t7-/m0/s1. The van der Waals surface area contributed by atoms with Gasteiger partial charge in [0.2, 0.25) is 0 Å². The van der Waals surface area contributed by atoms with Gasteiger partial charge in [0.15, 0.2) is 0 Å². The Morgan fingerprint density at radius 3 is 2.45 bits per heavy atom. The lowest BCUT2D eigenvalue weighted by Gasteiger charge is -2.06. The van der Waals surface area contributed by atoms with E-state index in [1.807, 2.05) is 13.8 Å². The molecule has 0 aliphatic rings. The third kappa shape index (κ3) is 3.03. The number of hydrogen-bond acceptors (Lipinski definition) is 2. The first kappa shape index (κ1) is 9.96. The molecule has 0 saturated carbocycles. The summed E-state index contributed by atoms with van der Waals surface area (Å²) in [5, 5.41) is 0. The molecule has 62 valence electrons. The fourth-order valence-electron chi connectivity index (χ4n) is 0.702. The molecule has 0 aromatic heterocycles. The zero-order valence-corrected chi connectivity index (χ0v) is 7.13. The number of carbonyl (C=O) groups is 1. The van der Waals surface area contributed by atoms with E-state index in [1.54, 1.807) is 6.92 Å². The number of carbonyl (C=O) groups excluding carboxylic acids is 1. The summed E-state index contributed by atoms with van der Waals surface area (Å²) in [7, 11) is 0. The Bertz CT molecular complexity index is 169. The zero-order chi connectivity index (χ0) is 8.85. The molecule has 0 aromatic carbocycles. The van der Waals surface area contributed by atoms with Crippen molar-refractivity contribution in [1.29, 1.82) is 0 Å². The smallest absolute Gasteiger partial charge is 0.390 e. The van der Waals surface area contributed by atoms with Gasteiger partial charge in [0.25, 0.3) is 0 Å². The third-order valence-electron chi connectivity index (χ3n) is 1.30. The first-order valence-corrected chi connectivity index (χ1v) is 3.66. The van der Waals surface area contributed by atoms with Crippen molar-refractivity contribution in [2.24, 2.45) is 5.92 Å². The second-order valence-electron chi connectivity index (χ2n) is 2.57. The lowest BCUT2D eigenvalue weighted by molar-refractivity contribution is -0.144. The van der Waals surface area contributed by atoms with Gasteiger partial charge in [0.05, 0.1) is 6.61 Å². The van der Waals surface area contributed by atoms with Gasteiger partial charge in [-0.25, -0.2) is 11.4 Å². The molecule has 0 spiro atoms. The number of nitrogens with zero attached hydrogens (tertiary/aromatic N) is 1. The summed E-state index contributed by atoms with van der Waals surface area (Å²) < 4.78 is 4.70. The van der Waals surface area contributed by atoms with Crippen molar-refractivity contribution >= 4 is 5.97 Å². The fraction of sp³-hybridized carbons (Fsp3) is 0.750. The maximum absolute atomic E-state index is 11.0. The summed E-state index contributed by atoms with van der Waals surface area (Å²) in [5.74, 6) is -0.371. The largest absolute Gasteiger partial charge is 0.460 e. The molecule has 0 saturated heterocycles. The van der Waals surface area contributed by atoms with Crippen molar-refractivity contribution in [2.45, 2.75) is 26.8 Å². The van der Waals surface area contributed by atoms with Crippen molar-refractivity contribution in [1.82, 2.24) is 0 Å². The first-order valence-electron chi connectivity index (χ1n) is 3.66. The summed E-state index contributed by atoms with van der Waals surface area (Å²) in [6.45, 7) is 12.5. The molecule has 0 amide bonds. The molecule has 0 aliphatic heterocycles. The van der Waals surface area contributed by atoms with E-state index in [0.717, 1.165) is 0 Å². The van der Waals surface area contributed by atoms with Gasteiger partial charge < -0.3 is 9.58 Å². The monoisotopic (exact) mass is 155 g/mol. The molecular formula is C8H13NO2. The molecule has 0 aliphatic carbocycles. The van der Waals surface area contributed by atoms with Gasteiger partial charge in [-0.1, -0.05) is 13.8 Å². The number of esters is 1. The Morgan fingerprint density at radius 1 is 1.64 bits per heavy atom. The Morgan fingerprint density at radius 2 is 2.18 bits per heavy atom. The highest BCUT2D eigenvalue weighted by Gasteiger charge is 2.28. The van der Waals surface area contributed by atoms with Crippen LogP contribution in [0.1, 0.15) is 20.8 Å². The van der Waals surface area contributed by atoms with Crippen LogP contribution in [-0.2, 0) is 9.53 Å². The van der Waals surface area contributed by atoms with E-state index in [-0.39, 0.29) is 5.92 Å². The fourth-order valence-corrected chi connectivity index (χ4v) is 0.702. The van der Waals surface area contributed by atoms with E-state index in [0.29, 0.717) is 6.61 Å². The minimum absolute atomic E-state index is 0.0338. The Kier molecular flexibility index (Phi) is 4.28. The Balaban J connectivity index is 4.06. The third-order valence-corrected chi connectivity index (χ3v) is 1.30. The van der Waals surface area contributed by atoms with Gasteiger partial charge >= 0.3 is 12.0 Å².